The van der Waals surface area contributed by atoms with Crippen LogP contribution < -0.4 is 0 Å². The second kappa shape index (κ2) is 6.14. The molecule has 0 aromatic heterocycles. The number of nitrogens with zero attached hydrogens (tertiary/aromatic N) is 1. The molecule has 0 aromatic rings. The lowest BCUT2D eigenvalue weighted by Crippen LogP contribution is -2.64. The minimum atomic E-state index is -2.14. The van der Waals surface area contributed by atoms with Gasteiger partial charge in [0.05, 0.1) is 0 Å². The SMILES string of the molecule is CCC[Si](OC)(OC)N1[C@H](C)CCC[C@@H]1C. The van der Waals surface area contributed by atoms with Gasteiger partial charge in [0, 0.05) is 32.3 Å². The van der Waals surface area contributed by atoms with Crippen LogP contribution in [0.25, 0.3) is 0 Å². The quantitative estimate of drug-likeness (QED) is 0.695. The van der Waals surface area contributed by atoms with Crippen molar-refractivity contribution in [3.8, 4) is 0 Å². The number of hydrogen-bond acceptors (Lipinski definition) is 3. The van der Waals surface area contributed by atoms with E-state index in [1.54, 1.807) is 0 Å². The molecule has 0 N–H and O–H groups in total. The van der Waals surface area contributed by atoms with Crippen molar-refractivity contribution in [2.75, 3.05) is 14.2 Å². The molecule has 0 saturated carbocycles. The number of hydrogen-bond donors (Lipinski definition) is 0. The first-order valence-electron chi connectivity index (χ1n) is 6.50. The Balaban J connectivity index is 2.89. The van der Waals surface area contributed by atoms with Gasteiger partial charge in [-0.1, -0.05) is 19.8 Å². The Morgan fingerprint density at radius 1 is 1.12 bits per heavy atom. The fourth-order valence-corrected chi connectivity index (χ4v) is 6.52. The second-order valence-corrected chi connectivity index (χ2v) is 8.17. The van der Waals surface area contributed by atoms with Crippen LogP contribution in [0.5, 0.6) is 0 Å². The molecule has 3 nitrogen and oxygen atoms in total. The van der Waals surface area contributed by atoms with Gasteiger partial charge in [-0.3, -0.25) is 4.57 Å². The normalized spacial score (nSPS) is 28.3. The predicted molar refractivity (Wildman–Crippen MR) is 69.5 cm³/mol. The van der Waals surface area contributed by atoms with Crippen LogP contribution in [0.1, 0.15) is 46.5 Å². The van der Waals surface area contributed by atoms with Gasteiger partial charge in [0.15, 0.2) is 0 Å². The lowest BCUT2D eigenvalue weighted by atomic mass is 10.0. The first-order valence-corrected chi connectivity index (χ1v) is 8.47. The minimum absolute atomic E-state index is 0.599. The van der Waals surface area contributed by atoms with Gasteiger partial charge in [-0.05, 0) is 26.7 Å². The highest BCUT2D eigenvalue weighted by Gasteiger charge is 2.48. The van der Waals surface area contributed by atoms with E-state index in [0.29, 0.717) is 12.1 Å². The molecule has 0 unspecified atom stereocenters. The van der Waals surface area contributed by atoms with Crippen LogP contribution in [-0.4, -0.2) is 39.6 Å². The number of piperidine rings is 1. The maximum Gasteiger partial charge on any atom is 0.427 e. The zero-order chi connectivity index (χ0) is 12.2. The third-order valence-corrected chi connectivity index (χ3v) is 7.87. The van der Waals surface area contributed by atoms with Gasteiger partial charge in [-0.25, -0.2) is 0 Å². The summed E-state index contributed by atoms with van der Waals surface area (Å²) in [6, 6.07) is 2.26. The highest BCUT2D eigenvalue weighted by molar-refractivity contribution is 6.64. The van der Waals surface area contributed by atoms with Crippen molar-refractivity contribution < 1.29 is 8.85 Å². The van der Waals surface area contributed by atoms with E-state index in [0.717, 1.165) is 12.5 Å². The molecule has 96 valence electrons. The van der Waals surface area contributed by atoms with Crippen molar-refractivity contribution in [2.45, 2.75) is 64.6 Å². The van der Waals surface area contributed by atoms with Crippen LogP contribution in [-0.2, 0) is 8.85 Å². The minimum Gasteiger partial charge on any atom is -0.386 e. The van der Waals surface area contributed by atoms with Crippen molar-refractivity contribution in [3.63, 3.8) is 0 Å². The zero-order valence-corrected chi connectivity index (χ0v) is 12.5. The Morgan fingerprint density at radius 2 is 1.62 bits per heavy atom. The lowest BCUT2D eigenvalue weighted by molar-refractivity contribution is 0.0880. The summed E-state index contributed by atoms with van der Waals surface area (Å²) in [6.07, 6.45) is 5.01. The van der Waals surface area contributed by atoms with Crippen molar-refractivity contribution in [1.29, 1.82) is 0 Å². The summed E-state index contributed by atoms with van der Waals surface area (Å²) in [4.78, 5) is 0. The third-order valence-electron chi connectivity index (χ3n) is 3.79. The average Bonchev–Trinajstić information content (AvgIpc) is 2.27. The molecule has 4 heteroatoms. The largest absolute Gasteiger partial charge is 0.427 e. The molecule has 0 radical (unpaired) electrons. The maximum atomic E-state index is 5.85. The molecule has 1 aliphatic heterocycles. The van der Waals surface area contributed by atoms with E-state index >= 15 is 0 Å². The van der Waals surface area contributed by atoms with Gasteiger partial charge >= 0.3 is 8.72 Å². The lowest BCUT2D eigenvalue weighted by Gasteiger charge is -2.47. The Bertz CT molecular complexity index is 199. The first-order chi connectivity index (χ1) is 7.61. The summed E-state index contributed by atoms with van der Waals surface area (Å²) >= 11 is 0. The summed E-state index contributed by atoms with van der Waals surface area (Å²) in [6.45, 7) is 6.83. The molecular weight excluding hydrogens is 218 g/mol. The Kier molecular flexibility index (Phi) is 5.44. The summed E-state index contributed by atoms with van der Waals surface area (Å²) in [5, 5.41) is 0. The smallest absolute Gasteiger partial charge is 0.386 e. The van der Waals surface area contributed by atoms with E-state index < -0.39 is 8.72 Å². The van der Waals surface area contributed by atoms with Crippen LogP contribution >= 0.6 is 0 Å². The molecule has 1 fully saturated rings. The third kappa shape index (κ3) is 2.67. The van der Waals surface area contributed by atoms with Gasteiger partial charge in [-0.2, -0.15) is 0 Å². The van der Waals surface area contributed by atoms with Crippen LogP contribution in [0.2, 0.25) is 6.04 Å². The fraction of sp³-hybridized carbons (Fsp3) is 1.00. The summed E-state index contributed by atoms with van der Waals surface area (Å²) in [5.41, 5.74) is 0. The summed E-state index contributed by atoms with van der Waals surface area (Å²) in [7, 11) is 1.50. The van der Waals surface area contributed by atoms with E-state index in [9.17, 15) is 0 Å². The molecule has 1 aliphatic rings. The van der Waals surface area contributed by atoms with Crippen LogP contribution in [0.4, 0.5) is 0 Å². The standard InChI is InChI=1S/C12H27NO2Si/c1-6-10-16(14-4,15-5)13-11(2)8-7-9-12(13)3/h11-12H,6-10H2,1-5H3/t11-,12+. The van der Waals surface area contributed by atoms with Gasteiger partial charge in [0.2, 0.25) is 0 Å². The van der Waals surface area contributed by atoms with E-state index in [-0.39, 0.29) is 0 Å². The van der Waals surface area contributed by atoms with Crippen molar-refractivity contribution in [3.05, 3.63) is 0 Å². The maximum absolute atomic E-state index is 5.85. The van der Waals surface area contributed by atoms with E-state index in [4.69, 9.17) is 8.85 Å². The van der Waals surface area contributed by atoms with Crippen LogP contribution in [0.3, 0.4) is 0 Å². The molecule has 0 amide bonds. The molecule has 0 bridgehead atoms. The molecule has 1 heterocycles. The van der Waals surface area contributed by atoms with E-state index in [1.807, 2.05) is 14.2 Å². The molecule has 1 rings (SSSR count). The monoisotopic (exact) mass is 245 g/mol. The van der Waals surface area contributed by atoms with Crippen molar-refractivity contribution in [2.24, 2.45) is 0 Å². The van der Waals surface area contributed by atoms with Gasteiger partial charge < -0.3 is 8.85 Å². The number of rotatable bonds is 5. The molecule has 0 aromatic carbocycles. The second-order valence-electron chi connectivity index (χ2n) is 4.91. The predicted octanol–water partition coefficient (Wildman–Crippen LogP) is 2.89. The molecule has 0 spiro atoms. The highest BCUT2D eigenvalue weighted by atomic mass is 28.4. The summed E-state index contributed by atoms with van der Waals surface area (Å²) in [5.74, 6) is 0. The average molecular weight is 245 g/mol. The molecule has 16 heavy (non-hydrogen) atoms. The van der Waals surface area contributed by atoms with Gasteiger partial charge in [0.25, 0.3) is 0 Å². The Hall–Kier alpha value is 0.0969. The topological polar surface area (TPSA) is 21.7 Å². The first kappa shape index (κ1) is 14.2. The summed E-state index contributed by atoms with van der Waals surface area (Å²) < 4.78 is 14.3. The van der Waals surface area contributed by atoms with E-state index in [2.05, 4.69) is 25.3 Å². The van der Waals surface area contributed by atoms with Crippen LogP contribution in [0.15, 0.2) is 0 Å². The Labute approximate surface area is 101 Å². The van der Waals surface area contributed by atoms with Crippen molar-refractivity contribution >= 4 is 8.72 Å². The molecule has 1 saturated heterocycles. The zero-order valence-electron chi connectivity index (χ0n) is 11.5. The van der Waals surface area contributed by atoms with Crippen LogP contribution in [0, 0.1) is 0 Å². The molecular formula is C12H27NO2Si. The highest BCUT2D eigenvalue weighted by Crippen LogP contribution is 2.31. The fourth-order valence-electron chi connectivity index (χ4n) is 3.04. The van der Waals surface area contributed by atoms with Crippen molar-refractivity contribution in [1.82, 2.24) is 4.57 Å². The Morgan fingerprint density at radius 3 is 2.00 bits per heavy atom. The molecule has 2 atom stereocenters. The van der Waals surface area contributed by atoms with Gasteiger partial charge in [-0.15, -0.1) is 0 Å². The van der Waals surface area contributed by atoms with Gasteiger partial charge in [0.1, 0.15) is 0 Å². The van der Waals surface area contributed by atoms with E-state index in [1.165, 1.54) is 19.3 Å². The molecule has 0 aliphatic carbocycles.